The molecule has 2 nitrogen and oxygen atoms in total. The Morgan fingerprint density at radius 2 is 1.60 bits per heavy atom. The number of benzene rings is 1. The average Bonchev–Trinajstić information content (AvgIpc) is 2.40. The molecule has 0 saturated carbocycles. The van der Waals surface area contributed by atoms with Crippen molar-refractivity contribution in [1.82, 2.24) is 9.97 Å². The zero-order valence-corrected chi connectivity index (χ0v) is 14.0. The fraction of sp³-hybridized carbons (Fsp3) is 0.286. The van der Waals surface area contributed by atoms with Crippen molar-refractivity contribution in [2.75, 3.05) is 5.75 Å². The van der Waals surface area contributed by atoms with Crippen molar-refractivity contribution in [3.63, 3.8) is 0 Å². The minimum atomic E-state index is 0.374. The molecule has 1 aromatic carbocycles. The zero-order chi connectivity index (χ0) is 14.5. The van der Waals surface area contributed by atoms with E-state index in [0.29, 0.717) is 32.5 Å². The number of halogens is 3. The van der Waals surface area contributed by atoms with Gasteiger partial charge in [0.25, 0.3) is 0 Å². The number of rotatable bonds is 5. The van der Waals surface area contributed by atoms with E-state index in [4.69, 9.17) is 34.8 Å². The van der Waals surface area contributed by atoms with Crippen LogP contribution >= 0.6 is 46.6 Å². The highest BCUT2D eigenvalue weighted by Crippen LogP contribution is 2.33. The Morgan fingerprint density at radius 3 is 2.15 bits per heavy atom. The normalized spacial score (nSPS) is 10.8. The minimum Gasteiger partial charge on any atom is -0.220 e. The second-order valence-corrected chi connectivity index (χ2v) is 6.41. The number of hydrogen-bond acceptors (Lipinski definition) is 3. The van der Waals surface area contributed by atoms with Crippen molar-refractivity contribution in [3.8, 4) is 11.1 Å². The first kappa shape index (κ1) is 15.9. The third-order valence-corrected chi connectivity index (χ3v) is 4.54. The highest BCUT2D eigenvalue weighted by Gasteiger charge is 2.13. The van der Waals surface area contributed by atoms with Crippen LogP contribution in [0.1, 0.15) is 19.2 Å². The Bertz CT molecular complexity index is 564. The van der Waals surface area contributed by atoms with Gasteiger partial charge in [-0.2, -0.15) is 11.8 Å². The van der Waals surface area contributed by atoms with Gasteiger partial charge in [-0.15, -0.1) is 0 Å². The highest BCUT2D eigenvalue weighted by molar-refractivity contribution is 7.98. The van der Waals surface area contributed by atoms with Crippen LogP contribution in [0.5, 0.6) is 0 Å². The van der Waals surface area contributed by atoms with Gasteiger partial charge in [0.05, 0.1) is 11.3 Å². The summed E-state index contributed by atoms with van der Waals surface area (Å²) >= 11 is 20.1. The molecule has 106 valence electrons. The minimum absolute atomic E-state index is 0.374. The smallest absolute Gasteiger partial charge is 0.142 e. The van der Waals surface area contributed by atoms with E-state index in [9.17, 15) is 0 Å². The molecule has 1 heterocycles. The molecular formula is C14H13Cl3N2S. The van der Waals surface area contributed by atoms with E-state index in [1.807, 2.05) is 12.1 Å². The Labute approximate surface area is 137 Å². The van der Waals surface area contributed by atoms with Crippen molar-refractivity contribution in [3.05, 3.63) is 45.4 Å². The van der Waals surface area contributed by atoms with Crippen molar-refractivity contribution in [2.24, 2.45) is 0 Å². The van der Waals surface area contributed by atoms with Crippen LogP contribution in [0.15, 0.2) is 24.3 Å². The van der Waals surface area contributed by atoms with E-state index in [1.54, 1.807) is 23.9 Å². The average molecular weight is 348 g/mol. The predicted octanol–water partition coefficient (Wildman–Crippen LogP) is 5.75. The Morgan fingerprint density at radius 1 is 1.00 bits per heavy atom. The summed E-state index contributed by atoms with van der Waals surface area (Å²) in [6, 6.07) is 7.28. The van der Waals surface area contributed by atoms with Gasteiger partial charge in [0.15, 0.2) is 0 Å². The molecule has 20 heavy (non-hydrogen) atoms. The molecule has 0 spiro atoms. The first-order valence-corrected chi connectivity index (χ1v) is 8.46. The maximum atomic E-state index is 6.24. The fourth-order valence-electron chi connectivity index (χ4n) is 1.68. The van der Waals surface area contributed by atoms with E-state index in [-0.39, 0.29) is 0 Å². The van der Waals surface area contributed by atoms with Crippen LogP contribution in [0.2, 0.25) is 15.3 Å². The van der Waals surface area contributed by atoms with E-state index >= 15 is 0 Å². The zero-order valence-electron chi connectivity index (χ0n) is 10.9. The molecule has 0 aliphatic carbocycles. The summed E-state index contributed by atoms with van der Waals surface area (Å²) in [6.45, 7) is 2.14. The first-order chi connectivity index (χ1) is 9.61. The lowest BCUT2D eigenvalue weighted by atomic mass is 10.1. The second kappa shape index (κ2) is 7.51. The van der Waals surface area contributed by atoms with Gasteiger partial charge in [0, 0.05) is 5.02 Å². The summed E-state index contributed by atoms with van der Waals surface area (Å²) in [7, 11) is 0. The van der Waals surface area contributed by atoms with Crippen molar-refractivity contribution in [1.29, 1.82) is 0 Å². The van der Waals surface area contributed by atoms with Gasteiger partial charge >= 0.3 is 0 Å². The molecule has 0 amide bonds. The van der Waals surface area contributed by atoms with Crippen molar-refractivity contribution in [2.45, 2.75) is 19.1 Å². The number of nitrogens with zero attached hydrogens (tertiary/aromatic N) is 2. The third-order valence-electron chi connectivity index (χ3n) is 2.58. The van der Waals surface area contributed by atoms with Crippen molar-refractivity contribution < 1.29 is 0 Å². The summed E-state index contributed by atoms with van der Waals surface area (Å²) in [6.07, 6.45) is 1.12. The molecule has 6 heteroatoms. The monoisotopic (exact) mass is 346 g/mol. The number of thioether (sulfide) groups is 1. The first-order valence-electron chi connectivity index (χ1n) is 6.17. The summed E-state index contributed by atoms with van der Waals surface area (Å²) < 4.78 is 0. The predicted molar refractivity (Wildman–Crippen MR) is 89.0 cm³/mol. The number of aromatic nitrogens is 2. The van der Waals surface area contributed by atoms with Crippen LogP contribution in [0, 0.1) is 0 Å². The molecular weight excluding hydrogens is 335 g/mol. The molecule has 1 aromatic heterocycles. The topological polar surface area (TPSA) is 25.8 Å². The van der Waals surface area contributed by atoms with Crippen LogP contribution in [-0.4, -0.2) is 15.7 Å². The molecule has 0 fully saturated rings. The summed E-state index contributed by atoms with van der Waals surface area (Å²) in [5.74, 6) is 2.45. The molecule has 0 bridgehead atoms. The van der Waals surface area contributed by atoms with Gasteiger partial charge in [0.2, 0.25) is 0 Å². The molecule has 0 saturated heterocycles. The Balaban J connectivity index is 2.29. The highest BCUT2D eigenvalue weighted by atomic mass is 35.5. The molecule has 0 aliphatic heterocycles. The molecule has 2 aromatic rings. The molecule has 0 aliphatic rings. The lowest BCUT2D eigenvalue weighted by molar-refractivity contribution is 1.03. The van der Waals surface area contributed by atoms with Gasteiger partial charge in [-0.25, -0.2) is 9.97 Å². The lowest BCUT2D eigenvalue weighted by Crippen LogP contribution is -1.97. The van der Waals surface area contributed by atoms with Crippen LogP contribution in [0.25, 0.3) is 11.1 Å². The van der Waals surface area contributed by atoms with Gasteiger partial charge in [-0.1, -0.05) is 53.9 Å². The third kappa shape index (κ3) is 4.01. The standard InChI is InChI=1S/C14H13Cl3N2S/c1-2-7-20-8-11-18-13(16)12(14(17)19-11)9-3-5-10(15)6-4-9/h3-6H,2,7-8H2,1H3. The Hall–Kier alpha value is -0.480. The Kier molecular flexibility index (Phi) is 5.97. The fourth-order valence-corrected chi connectivity index (χ4v) is 3.19. The van der Waals surface area contributed by atoms with Crippen molar-refractivity contribution >= 4 is 46.6 Å². The van der Waals surface area contributed by atoms with Crippen LogP contribution < -0.4 is 0 Å². The SMILES string of the molecule is CCCSCc1nc(Cl)c(-c2ccc(Cl)cc2)c(Cl)n1. The van der Waals surface area contributed by atoms with E-state index < -0.39 is 0 Å². The van der Waals surface area contributed by atoms with E-state index in [0.717, 1.165) is 17.7 Å². The number of hydrogen-bond donors (Lipinski definition) is 0. The van der Waals surface area contributed by atoms with Gasteiger partial charge in [0.1, 0.15) is 16.1 Å². The molecule has 2 rings (SSSR count). The quantitative estimate of drug-likeness (QED) is 0.509. The van der Waals surface area contributed by atoms with Crippen LogP contribution in [0.4, 0.5) is 0 Å². The maximum Gasteiger partial charge on any atom is 0.142 e. The molecule has 0 atom stereocenters. The summed E-state index contributed by atoms with van der Waals surface area (Å²) in [5, 5.41) is 1.41. The summed E-state index contributed by atoms with van der Waals surface area (Å²) in [5.41, 5.74) is 1.51. The summed E-state index contributed by atoms with van der Waals surface area (Å²) in [4.78, 5) is 8.64. The molecule has 0 radical (unpaired) electrons. The largest absolute Gasteiger partial charge is 0.220 e. The van der Waals surface area contributed by atoms with E-state index in [1.165, 1.54) is 0 Å². The van der Waals surface area contributed by atoms with Gasteiger partial charge < -0.3 is 0 Å². The second-order valence-electron chi connectivity index (χ2n) is 4.16. The van der Waals surface area contributed by atoms with E-state index in [2.05, 4.69) is 16.9 Å². The molecule has 0 N–H and O–H groups in total. The van der Waals surface area contributed by atoms with Crippen LogP contribution in [0.3, 0.4) is 0 Å². The van der Waals surface area contributed by atoms with Gasteiger partial charge in [-0.05, 0) is 29.9 Å². The maximum absolute atomic E-state index is 6.24. The van der Waals surface area contributed by atoms with Gasteiger partial charge in [-0.3, -0.25) is 0 Å². The molecule has 0 unspecified atom stereocenters. The van der Waals surface area contributed by atoms with Crippen LogP contribution in [-0.2, 0) is 5.75 Å². The lowest BCUT2D eigenvalue weighted by Gasteiger charge is -2.08.